The molecule has 0 saturated carbocycles. The summed E-state index contributed by atoms with van der Waals surface area (Å²) in [5.41, 5.74) is 0.437. The molecule has 0 saturated heterocycles. The van der Waals surface area contributed by atoms with E-state index in [0.29, 0.717) is 17.7 Å². The van der Waals surface area contributed by atoms with E-state index in [1.807, 2.05) is 55.5 Å². The predicted molar refractivity (Wildman–Crippen MR) is 107 cm³/mol. The SMILES string of the molecule is C[C@@H](/C=C/CCO)[C@]1(O)C(=O)N(c2ccccc2)c2ccc(I)cc21. The molecule has 1 amide bonds. The molecule has 0 unspecified atom stereocenters. The molecule has 2 aromatic rings. The summed E-state index contributed by atoms with van der Waals surface area (Å²) >= 11 is 2.18. The van der Waals surface area contributed by atoms with Crippen molar-refractivity contribution in [3.63, 3.8) is 0 Å². The molecule has 2 N–H and O–H groups in total. The molecular weight excluding hydrogens is 429 g/mol. The van der Waals surface area contributed by atoms with Crippen LogP contribution in [0.1, 0.15) is 18.9 Å². The standard InChI is InChI=1S/C20H20INO3/c1-14(7-5-6-12-23)20(25)17-13-15(21)10-11-18(17)22(19(20)24)16-8-3-2-4-9-16/h2-5,7-11,13-14,23,25H,6,12H2,1H3/b7-5+/t14-,20+/m0/s1. The number of halogens is 1. The zero-order valence-corrected chi connectivity index (χ0v) is 16.1. The van der Waals surface area contributed by atoms with Crippen molar-refractivity contribution >= 4 is 39.9 Å². The Morgan fingerprint density at radius 3 is 2.64 bits per heavy atom. The van der Waals surface area contributed by atoms with Gasteiger partial charge in [-0.25, -0.2) is 0 Å². The van der Waals surface area contributed by atoms with Crippen LogP contribution in [0.2, 0.25) is 0 Å². The molecular formula is C20H20INO3. The number of aliphatic hydroxyl groups is 2. The first-order valence-corrected chi connectivity index (χ1v) is 9.27. The molecule has 0 aromatic heterocycles. The summed E-state index contributed by atoms with van der Waals surface area (Å²) in [6.07, 6.45) is 4.09. The van der Waals surface area contributed by atoms with Crippen LogP contribution in [0.25, 0.3) is 0 Å². The second kappa shape index (κ2) is 7.27. The van der Waals surface area contributed by atoms with Crippen LogP contribution in [-0.4, -0.2) is 22.7 Å². The normalized spacial score (nSPS) is 21.0. The van der Waals surface area contributed by atoms with Gasteiger partial charge in [0.2, 0.25) is 0 Å². The van der Waals surface area contributed by atoms with Gasteiger partial charge >= 0.3 is 0 Å². The number of anilines is 2. The van der Waals surface area contributed by atoms with Gasteiger partial charge in [-0.3, -0.25) is 9.69 Å². The van der Waals surface area contributed by atoms with Crippen molar-refractivity contribution in [2.24, 2.45) is 5.92 Å². The average Bonchev–Trinajstić information content (AvgIpc) is 2.84. The fourth-order valence-corrected chi connectivity index (χ4v) is 3.68. The third kappa shape index (κ3) is 3.12. The van der Waals surface area contributed by atoms with E-state index in [2.05, 4.69) is 22.6 Å². The van der Waals surface area contributed by atoms with Crippen LogP contribution in [0.15, 0.2) is 60.7 Å². The number of hydrogen-bond donors (Lipinski definition) is 2. The van der Waals surface area contributed by atoms with Crippen molar-refractivity contribution < 1.29 is 15.0 Å². The fraction of sp³-hybridized carbons (Fsp3) is 0.250. The largest absolute Gasteiger partial charge is 0.396 e. The summed E-state index contributed by atoms with van der Waals surface area (Å²) in [6, 6.07) is 15.0. The first kappa shape index (κ1) is 18.1. The number of para-hydroxylation sites is 1. The number of nitrogens with zero attached hydrogens (tertiary/aromatic N) is 1. The Hall–Kier alpha value is -1.70. The number of aliphatic hydroxyl groups excluding tert-OH is 1. The lowest BCUT2D eigenvalue weighted by Gasteiger charge is -2.27. The highest BCUT2D eigenvalue weighted by atomic mass is 127. The van der Waals surface area contributed by atoms with Crippen molar-refractivity contribution in [3.05, 3.63) is 69.8 Å². The molecule has 130 valence electrons. The topological polar surface area (TPSA) is 60.8 Å². The minimum atomic E-state index is -1.63. The minimum Gasteiger partial charge on any atom is -0.396 e. The molecule has 0 fully saturated rings. The Morgan fingerprint density at radius 1 is 1.24 bits per heavy atom. The zero-order chi connectivity index (χ0) is 18.0. The average molecular weight is 449 g/mol. The minimum absolute atomic E-state index is 0.0419. The molecule has 2 atom stereocenters. The summed E-state index contributed by atoms with van der Waals surface area (Å²) in [6.45, 7) is 1.87. The summed E-state index contributed by atoms with van der Waals surface area (Å²) in [5.74, 6) is -0.769. The molecule has 2 aromatic carbocycles. The number of rotatable bonds is 5. The van der Waals surface area contributed by atoms with Gasteiger partial charge in [-0.05, 0) is 59.3 Å². The van der Waals surface area contributed by atoms with Crippen molar-refractivity contribution in [3.8, 4) is 0 Å². The molecule has 5 heteroatoms. The molecule has 0 bridgehead atoms. The molecule has 4 nitrogen and oxygen atoms in total. The summed E-state index contributed by atoms with van der Waals surface area (Å²) in [7, 11) is 0. The van der Waals surface area contributed by atoms with Gasteiger partial charge in [-0.15, -0.1) is 0 Å². The molecule has 0 spiro atoms. The molecule has 1 aliphatic rings. The van der Waals surface area contributed by atoms with E-state index in [9.17, 15) is 9.90 Å². The van der Waals surface area contributed by atoms with Gasteiger partial charge in [0.15, 0.2) is 5.60 Å². The predicted octanol–water partition coefficient (Wildman–Crippen LogP) is 3.73. The van der Waals surface area contributed by atoms with Gasteiger partial charge in [0.05, 0.1) is 5.69 Å². The molecule has 25 heavy (non-hydrogen) atoms. The maximum absolute atomic E-state index is 13.3. The first-order chi connectivity index (χ1) is 12.0. The number of fused-ring (bicyclic) bond motifs is 1. The van der Waals surface area contributed by atoms with Gasteiger partial charge in [0.1, 0.15) is 0 Å². The van der Waals surface area contributed by atoms with E-state index < -0.39 is 11.5 Å². The van der Waals surface area contributed by atoms with E-state index in [0.717, 1.165) is 9.26 Å². The summed E-state index contributed by atoms with van der Waals surface area (Å²) in [4.78, 5) is 14.8. The molecule has 0 aliphatic carbocycles. The van der Waals surface area contributed by atoms with Crippen LogP contribution in [0.5, 0.6) is 0 Å². The highest BCUT2D eigenvalue weighted by molar-refractivity contribution is 14.1. The Kier molecular flexibility index (Phi) is 5.27. The number of carbonyl (C=O) groups excluding carboxylic acids is 1. The van der Waals surface area contributed by atoms with Crippen molar-refractivity contribution in [1.82, 2.24) is 0 Å². The lowest BCUT2D eigenvalue weighted by atomic mass is 9.83. The lowest BCUT2D eigenvalue weighted by molar-refractivity contribution is -0.138. The van der Waals surface area contributed by atoms with Crippen molar-refractivity contribution in [1.29, 1.82) is 0 Å². The number of hydrogen-bond acceptors (Lipinski definition) is 3. The van der Waals surface area contributed by atoms with Crippen molar-refractivity contribution in [2.45, 2.75) is 18.9 Å². The van der Waals surface area contributed by atoms with E-state index in [1.54, 1.807) is 17.1 Å². The highest BCUT2D eigenvalue weighted by Gasteiger charge is 2.53. The molecule has 0 radical (unpaired) electrons. The smallest absolute Gasteiger partial charge is 0.268 e. The number of benzene rings is 2. The van der Waals surface area contributed by atoms with E-state index in [1.165, 1.54) is 0 Å². The van der Waals surface area contributed by atoms with Gasteiger partial charge in [-0.1, -0.05) is 37.3 Å². The Bertz CT molecular complexity index is 806. The lowest BCUT2D eigenvalue weighted by Crippen LogP contribution is -2.42. The van der Waals surface area contributed by atoms with Gasteiger partial charge in [0, 0.05) is 27.3 Å². The second-order valence-corrected chi connectivity index (χ2v) is 7.38. The highest BCUT2D eigenvalue weighted by Crippen LogP contribution is 2.48. The van der Waals surface area contributed by atoms with Crippen LogP contribution >= 0.6 is 22.6 Å². The van der Waals surface area contributed by atoms with Crippen LogP contribution in [-0.2, 0) is 10.4 Å². The van der Waals surface area contributed by atoms with Gasteiger partial charge in [0.25, 0.3) is 5.91 Å². The maximum Gasteiger partial charge on any atom is 0.268 e. The number of amides is 1. The van der Waals surface area contributed by atoms with Crippen molar-refractivity contribution in [2.75, 3.05) is 11.5 Å². The van der Waals surface area contributed by atoms with E-state index in [-0.39, 0.29) is 12.5 Å². The monoisotopic (exact) mass is 449 g/mol. The van der Waals surface area contributed by atoms with Gasteiger partial charge in [-0.2, -0.15) is 0 Å². The second-order valence-electron chi connectivity index (χ2n) is 6.13. The molecule has 1 heterocycles. The van der Waals surface area contributed by atoms with E-state index in [4.69, 9.17) is 5.11 Å². The molecule has 3 rings (SSSR count). The quantitative estimate of drug-likeness (QED) is 0.541. The first-order valence-electron chi connectivity index (χ1n) is 8.19. The fourth-order valence-electron chi connectivity index (χ4n) is 3.19. The van der Waals surface area contributed by atoms with Gasteiger partial charge < -0.3 is 10.2 Å². The Labute approximate surface area is 160 Å². The molecule has 1 aliphatic heterocycles. The van der Waals surface area contributed by atoms with Crippen LogP contribution in [0.3, 0.4) is 0 Å². The third-order valence-corrected chi connectivity index (χ3v) is 5.20. The Balaban J connectivity index is 2.12. The zero-order valence-electron chi connectivity index (χ0n) is 13.9. The maximum atomic E-state index is 13.3. The summed E-state index contributed by atoms with van der Waals surface area (Å²) in [5, 5.41) is 20.4. The van der Waals surface area contributed by atoms with Crippen LogP contribution < -0.4 is 4.90 Å². The van der Waals surface area contributed by atoms with E-state index >= 15 is 0 Å². The van der Waals surface area contributed by atoms with Crippen LogP contribution in [0.4, 0.5) is 11.4 Å². The Morgan fingerprint density at radius 2 is 1.96 bits per heavy atom. The van der Waals surface area contributed by atoms with Crippen LogP contribution in [0, 0.1) is 9.49 Å². The third-order valence-electron chi connectivity index (χ3n) is 4.53. The summed E-state index contributed by atoms with van der Waals surface area (Å²) < 4.78 is 0.962. The number of carbonyl (C=O) groups is 1.